The summed E-state index contributed by atoms with van der Waals surface area (Å²) in [5, 5.41) is 0. The van der Waals surface area contributed by atoms with Crippen molar-refractivity contribution < 1.29 is 8.81 Å². The molecule has 112 valence electrons. The van der Waals surface area contributed by atoms with E-state index in [0.717, 1.165) is 0 Å². The van der Waals surface area contributed by atoms with E-state index in [2.05, 4.69) is 4.98 Å². The van der Waals surface area contributed by atoms with Crippen LogP contribution in [0.1, 0.15) is 11.3 Å². The number of furan rings is 1. The quantitative estimate of drug-likeness (QED) is 0.807. The van der Waals surface area contributed by atoms with Crippen LogP contribution in [0.25, 0.3) is 11.3 Å². The number of hydrogen-bond acceptors (Lipinski definition) is 3. The van der Waals surface area contributed by atoms with Crippen molar-refractivity contribution in [2.45, 2.75) is 13.5 Å². The van der Waals surface area contributed by atoms with E-state index in [9.17, 15) is 14.0 Å². The van der Waals surface area contributed by atoms with Gasteiger partial charge in [0, 0.05) is 11.8 Å². The summed E-state index contributed by atoms with van der Waals surface area (Å²) in [6.07, 6.45) is 1.46. The molecule has 0 aliphatic carbocycles. The van der Waals surface area contributed by atoms with Crippen LogP contribution in [0.5, 0.6) is 0 Å². The van der Waals surface area contributed by atoms with Crippen LogP contribution < -0.4 is 11.2 Å². The largest absolute Gasteiger partial charge is 0.459 e. The maximum atomic E-state index is 13.7. The zero-order valence-corrected chi connectivity index (χ0v) is 11.8. The first-order valence-corrected chi connectivity index (χ1v) is 6.68. The number of aryl methyl sites for hydroxylation is 1. The predicted octanol–water partition coefficient (Wildman–Crippen LogP) is 2.29. The van der Waals surface area contributed by atoms with Crippen LogP contribution in [0.2, 0.25) is 0 Å². The molecule has 0 atom stereocenters. The number of hydrogen-bond donors (Lipinski definition) is 1. The highest BCUT2D eigenvalue weighted by Gasteiger charge is 2.10. The van der Waals surface area contributed by atoms with Crippen LogP contribution in [0, 0.1) is 12.7 Å². The second-order valence-electron chi connectivity index (χ2n) is 4.95. The highest BCUT2D eigenvalue weighted by Crippen LogP contribution is 2.24. The van der Waals surface area contributed by atoms with Gasteiger partial charge in [-0.25, -0.2) is 9.18 Å². The molecule has 5 nitrogen and oxygen atoms in total. The summed E-state index contributed by atoms with van der Waals surface area (Å²) < 4.78 is 20.6. The molecule has 0 spiro atoms. The minimum Gasteiger partial charge on any atom is -0.459 e. The van der Waals surface area contributed by atoms with Crippen molar-refractivity contribution in [3.63, 3.8) is 0 Å². The number of halogens is 1. The number of benzene rings is 1. The Morgan fingerprint density at radius 2 is 1.95 bits per heavy atom. The molecular weight excluding hydrogens is 287 g/mol. The topological polar surface area (TPSA) is 68.0 Å². The maximum Gasteiger partial charge on any atom is 0.328 e. The lowest BCUT2D eigenvalue weighted by molar-refractivity contribution is 0.494. The first-order chi connectivity index (χ1) is 10.5. The Bertz CT molecular complexity index is 937. The molecule has 0 radical (unpaired) electrons. The summed E-state index contributed by atoms with van der Waals surface area (Å²) in [6, 6.07) is 9.62. The molecule has 22 heavy (non-hydrogen) atoms. The van der Waals surface area contributed by atoms with E-state index in [1.807, 2.05) is 0 Å². The highest BCUT2D eigenvalue weighted by atomic mass is 19.1. The van der Waals surface area contributed by atoms with Crippen molar-refractivity contribution >= 4 is 0 Å². The number of nitrogens with one attached hydrogen (secondary N) is 1. The average molecular weight is 300 g/mol. The number of nitrogens with zero attached hydrogens (tertiary/aromatic N) is 1. The minimum atomic E-state index is -0.514. The lowest BCUT2D eigenvalue weighted by Crippen LogP contribution is -2.30. The summed E-state index contributed by atoms with van der Waals surface area (Å²) in [4.78, 5) is 25.3. The zero-order chi connectivity index (χ0) is 15.7. The summed E-state index contributed by atoms with van der Waals surface area (Å²) in [5.74, 6) is 0.509. The number of aromatic nitrogens is 2. The van der Waals surface area contributed by atoms with Crippen molar-refractivity contribution in [3.8, 4) is 11.3 Å². The van der Waals surface area contributed by atoms with Crippen LogP contribution in [-0.4, -0.2) is 9.55 Å². The Labute approximate surface area is 124 Å². The molecule has 3 aromatic rings. The van der Waals surface area contributed by atoms with Gasteiger partial charge in [-0.15, -0.1) is 0 Å². The molecule has 0 fully saturated rings. The molecule has 2 aromatic heterocycles. The van der Waals surface area contributed by atoms with Crippen molar-refractivity contribution in [1.82, 2.24) is 9.55 Å². The summed E-state index contributed by atoms with van der Waals surface area (Å²) in [7, 11) is 0. The van der Waals surface area contributed by atoms with Crippen LogP contribution in [0.3, 0.4) is 0 Å². The second-order valence-corrected chi connectivity index (χ2v) is 4.95. The van der Waals surface area contributed by atoms with E-state index in [1.165, 1.54) is 16.8 Å². The van der Waals surface area contributed by atoms with Gasteiger partial charge in [0.1, 0.15) is 17.3 Å². The Balaban J connectivity index is 1.93. The van der Waals surface area contributed by atoms with E-state index >= 15 is 0 Å². The molecule has 0 bridgehead atoms. The smallest absolute Gasteiger partial charge is 0.328 e. The normalized spacial score (nSPS) is 10.8. The third-order valence-corrected chi connectivity index (χ3v) is 3.32. The Morgan fingerprint density at radius 3 is 2.73 bits per heavy atom. The van der Waals surface area contributed by atoms with Gasteiger partial charge in [-0.05, 0) is 31.2 Å². The van der Waals surface area contributed by atoms with Gasteiger partial charge in [0.2, 0.25) is 0 Å². The van der Waals surface area contributed by atoms with Crippen molar-refractivity contribution in [2.24, 2.45) is 0 Å². The fraction of sp³-hybridized carbons (Fsp3) is 0.125. The average Bonchev–Trinajstić information content (AvgIpc) is 2.93. The Morgan fingerprint density at radius 1 is 1.18 bits per heavy atom. The molecule has 0 amide bonds. The number of rotatable bonds is 3. The Hall–Kier alpha value is -2.89. The molecule has 1 aromatic carbocycles. The van der Waals surface area contributed by atoms with Gasteiger partial charge in [0.05, 0.1) is 12.1 Å². The van der Waals surface area contributed by atoms with E-state index < -0.39 is 11.2 Å². The fourth-order valence-corrected chi connectivity index (χ4v) is 2.17. The molecule has 2 heterocycles. The van der Waals surface area contributed by atoms with Gasteiger partial charge >= 0.3 is 5.69 Å². The van der Waals surface area contributed by atoms with Gasteiger partial charge in [0.15, 0.2) is 0 Å². The lowest BCUT2D eigenvalue weighted by Gasteiger charge is -2.03. The fourth-order valence-electron chi connectivity index (χ4n) is 2.17. The SMILES string of the molecule is Cc1cn(Cc2ccc(-c3ccccc3F)o2)c(=O)[nH]c1=O. The van der Waals surface area contributed by atoms with Gasteiger partial charge in [-0.2, -0.15) is 0 Å². The summed E-state index contributed by atoms with van der Waals surface area (Å²) in [5.41, 5.74) is -0.133. The molecular formula is C16H13FN2O3. The van der Waals surface area contributed by atoms with E-state index in [4.69, 9.17) is 4.42 Å². The number of H-pyrrole nitrogens is 1. The molecule has 3 rings (SSSR count). The Kier molecular flexibility index (Phi) is 3.50. The minimum absolute atomic E-state index is 0.158. The van der Waals surface area contributed by atoms with Crippen LogP contribution in [-0.2, 0) is 6.54 Å². The third kappa shape index (κ3) is 2.63. The molecule has 6 heteroatoms. The van der Waals surface area contributed by atoms with Gasteiger partial charge < -0.3 is 4.42 Å². The molecule has 0 saturated heterocycles. The van der Waals surface area contributed by atoms with E-state index in [1.54, 1.807) is 37.3 Å². The third-order valence-electron chi connectivity index (χ3n) is 3.32. The predicted molar refractivity (Wildman–Crippen MR) is 79.3 cm³/mol. The first kappa shape index (κ1) is 14.1. The maximum absolute atomic E-state index is 13.7. The molecule has 0 aliphatic rings. The highest BCUT2D eigenvalue weighted by molar-refractivity contribution is 5.58. The molecule has 0 aliphatic heterocycles. The van der Waals surface area contributed by atoms with Crippen molar-refractivity contribution in [2.75, 3.05) is 0 Å². The van der Waals surface area contributed by atoms with Gasteiger partial charge in [-0.1, -0.05) is 12.1 Å². The van der Waals surface area contributed by atoms with Gasteiger partial charge in [-0.3, -0.25) is 14.3 Å². The lowest BCUT2D eigenvalue weighted by atomic mass is 10.1. The summed E-state index contributed by atoms with van der Waals surface area (Å²) >= 11 is 0. The van der Waals surface area contributed by atoms with E-state index in [0.29, 0.717) is 22.6 Å². The molecule has 0 unspecified atom stereocenters. The van der Waals surface area contributed by atoms with Crippen LogP contribution in [0.4, 0.5) is 4.39 Å². The number of aromatic amines is 1. The molecule has 0 saturated carbocycles. The van der Waals surface area contributed by atoms with E-state index in [-0.39, 0.29) is 12.4 Å². The molecule has 1 N–H and O–H groups in total. The standard InChI is InChI=1S/C16H13FN2O3/c1-10-8-19(16(21)18-15(10)20)9-11-6-7-14(22-11)12-4-2-3-5-13(12)17/h2-8H,9H2,1H3,(H,18,20,21). The zero-order valence-electron chi connectivity index (χ0n) is 11.8. The van der Waals surface area contributed by atoms with Crippen molar-refractivity contribution in [3.05, 3.63) is 80.6 Å². The second kappa shape index (κ2) is 5.48. The summed E-state index contributed by atoms with van der Waals surface area (Å²) in [6.45, 7) is 1.77. The van der Waals surface area contributed by atoms with Crippen LogP contribution in [0.15, 0.2) is 56.6 Å². The van der Waals surface area contributed by atoms with Gasteiger partial charge in [0.25, 0.3) is 5.56 Å². The van der Waals surface area contributed by atoms with Crippen LogP contribution >= 0.6 is 0 Å². The monoisotopic (exact) mass is 300 g/mol. The van der Waals surface area contributed by atoms with Crippen molar-refractivity contribution in [1.29, 1.82) is 0 Å². The first-order valence-electron chi connectivity index (χ1n) is 6.68.